The minimum Gasteiger partial charge on any atom is -0.0648 e. The normalized spacial score (nSPS) is 12.6. The average molecular weight is 141 g/mol. The number of hydrogen-bond donors (Lipinski definition) is 0. The summed E-state index contributed by atoms with van der Waals surface area (Å²) in [6, 6.07) is 0. The van der Waals surface area contributed by atoms with Crippen LogP contribution in [0, 0.1) is 11.3 Å². The Bertz CT molecular complexity index is 69.8. The van der Waals surface area contributed by atoms with E-state index in [1.54, 1.807) is 5.92 Å². The van der Waals surface area contributed by atoms with Crippen LogP contribution in [0.15, 0.2) is 0 Å². The molecule has 0 saturated heterocycles. The predicted octanol–water partition coefficient (Wildman–Crippen LogP) is 3.82. The van der Waals surface area contributed by atoms with Crippen molar-refractivity contribution in [3.63, 3.8) is 0 Å². The van der Waals surface area contributed by atoms with Gasteiger partial charge in [-0.15, -0.1) is 0 Å². The van der Waals surface area contributed by atoms with Gasteiger partial charge in [0.25, 0.3) is 0 Å². The Morgan fingerprint density at radius 2 is 1.20 bits per heavy atom. The lowest BCUT2D eigenvalue weighted by atomic mass is 9.71. The van der Waals surface area contributed by atoms with E-state index >= 15 is 0 Å². The minimum atomic E-state index is 0.542. The van der Waals surface area contributed by atoms with E-state index in [1.165, 1.54) is 19.3 Å². The van der Waals surface area contributed by atoms with E-state index in [9.17, 15) is 0 Å². The highest BCUT2D eigenvalue weighted by Crippen LogP contribution is 2.39. The van der Waals surface area contributed by atoms with Crippen molar-refractivity contribution in [3.05, 3.63) is 5.92 Å². The predicted molar refractivity (Wildman–Crippen MR) is 47.9 cm³/mol. The Kier molecular flexibility index (Phi) is 4.00. The molecule has 0 aliphatic carbocycles. The van der Waals surface area contributed by atoms with Gasteiger partial charge in [0.2, 0.25) is 0 Å². The van der Waals surface area contributed by atoms with Crippen molar-refractivity contribution in [1.82, 2.24) is 0 Å². The lowest BCUT2D eigenvalue weighted by molar-refractivity contribution is 0.272. The van der Waals surface area contributed by atoms with Crippen LogP contribution in [0.3, 0.4) is 0 Å². The fourth-order valence-corrected chi connectivity index (χ4v) is 1.81. The Balaban J connectivity index is 4.15. The van der Waals surface area contributed by atoms with Crippen molar-refractivity contribution in [1.29, 1.82) is 0 Å². The molecule has 0 heterocycles. The van der Waals surface area contributed by atoms with Crippen molar-refractivity contribution in [2.24, 2.45) is 5.41 Å². The van der Waals surface area contributed by atoms with Gasteiger partial charge >= 0.3 is 0 Å². The van der Waals surface area contributed by atoms with E-state index in [0.29, 0.717) is 5.41 Å². The Morgan fingerprint density at radius 3 is 1.20 bits per heavy atom. The van der Waals surface area contributed by atoms with Crippen LogP contribution in [0.5, 0.6) is 0 Å². The van der Waals surface area contributed by atoms with Crippen LogP contribution in [0.1, 0.15) is 53.9 Å². The summed E-state index contributed by atoms with van der Waals surface area (Å²) in [6.07, 6.45) is 3.88. The molecule has 0 aliphatic heterocycles. The summed E-state index contributed by atoms with van der Waals surface area (Å²) in [5, 5.41) is 0. The van der Waals surface area contributed by atoms with Crippen LogP contribution in [0.4, 0.5) is 0 Å². The summed E-state index contributed by atoms with van der Waals surface area (Å²) in [4.78, 5) is 0. The summed E-state index contributed by atoms with van der Waals surface area (Å²) in [5.41, 5.74) is 0.542. The first-order chi connectivity index (χ1) is 4.63. The molecule has 0 saturated carbocycles. The fourth-order valence-electron chi connectivity index (χ4n) is 1.81. The van der Waals surface area contributed by atoms with Crippen LogP contribution in [-0.4, -0.2) is 0 Å². The van der Waals surface area contributed by atoms with E-state index in [2.05, 4.69) is 34.6 Å². The third-order valence-corrected chi connectivity index (χ3v) is 3.09. The lowest BCUT2D eigenvalue weighted by Crippen LogP contribution is -2.22. The number of rotatable bonds is 4. The van der Waals surface area contributed by atoms with Gasteiger partial charge in [-0.2, -0.15) is 0 Å². The molecule has 0 heteroatoms. The first-order valence-corrected chi connectivity index (χ1v) is 4.43. The van der Waals surface area contributed by atoms with Gasteiger partial charge in [0, 0.05) is 0 Å². The molecule has 0 spiro atoms. The van der Waals surface area contributed by atoms with Crippen molar-refractivity contribution in [2.45, 2.75) is 53.9 Å². The lowest BCUT2D eigenvalue weighted by Gasteiger charge is -2.34. The minimum absolute atomic E-state index is 0.542. The van der Waals surface area contributed by atoms with E-state index in [-0.39, 0.29) is 0 Å². The Labute approximate surface area is 66.0 Å². The highest BCUT2D eigenvalue weighted by atomic mass is 14.3. The van der Waals surface area contributed by atoms with E-state index in [1.807, 2.05) is 0 Å². The molecular weight excluding hydrogens is 120 g/mol. The third kappa shape index (κ3) is 1.74. The zero-order valence-corrected chi connectivity index (χ0v) is 8.12. The van der Waals surface area contributed by atoms with E-state index in [0.717, 1.165) is 0 Å². The van der Waals surface area contributed by atoms with Crippen molar-refractivity contribution < 1.29 is 0 Å². The zero-order valence-electron chi connectivity index (χ0n) is 8.12. The molecule has 0 fully saturated rings. The highest BCUT2D eigenvalue weighted by Gasteiger charge is 2.27. The molecule has 1 radical (unpaired) electrons. The first-order valence-electron chi connectivity index (χ1n) is 4.43. The molecule has 0 rings (SSSR count). The van der Waals surface area contributed by atoms with Crippen LogP contribution >= 0.6 is 0 Å². The first kappa shape index (κ1) is 10.0. The molecule has 10 heavy (non-hydrogen) atoms. The van der Waals surface area contributed by atoms with Gasteiger partial charge in [-0.3, -0.25) is 0 Å². The molecule has 0 aromatic carbocycles. The second-order valence-electron chi connectivity index (χ2n) is 3.34. The van der Waals surface area contributed by atoms with Gasteiger partial charge in [-0.1, -0.05) is 34.6 Å². The Hall–Kier alpha value is 0. The van der Waals surface area contributed by atoms with Gasteiger partial charge in [-0.25, -0.2) is 0 Å². The van der Waals surface area contributed by atoms with Gasteiger partial charge in [0.1, 0.15) is 0 Å². The third-order valence-electron chi connectivity index (χ3n) is 3.09. The van der Waals surface area contributed by atoms with E-state index in [4.69, 9.17) is 0 Å². The quantitative estimate of drug-likeness (QED) is 0.558. The van der Waals surface area contributed by atoms with Crippen LogP contribution in [-0.2, 0) is 0 Å². The molecule has 0 aromatic rings. The monoisotopic (exact) mass is 141 g/mol. The number of hydrogen-bond acceptors (Lipinski definition) is 0. The summed E-state index contributed by atoms with van der Waals surface area (Å²) in [7, 11) is 0. The second-order valence-corrected chi connectivity index (χ2v) is 3.34. The maximum absolute atomic E-state index is 2.29. The molecule has 61 valence electrons. The molecule has 0 aliphatic rings. The molecule has 0 bridgehead atoms. The molecule has 0 atom stereocenters. The standard InChI is InChI=1S/C10H21/c1-6-10(7-2,8-3)9(4)5/h6-8H2,1-5H3. The van der Waals surface area contributed by atoms with Crippen molar-refractivity contribution >= 4 is 0 Å². The topological polar surface area (TPSA) is 0 Å². The molecular formula is C10H21. The summed E-state index contributed by atoms with van der Waals surface area (Å²) in [5.74, 6) is 1.60. The maximum atomic E-state index is 2.29. The maximum Gasteiger partial charge on any atom is -0.0241 e. The molecule has 0 aromatic heterocycles. The van der Waals surface area contributed by atoms with Crippen LogP contribution < -0.4 is 0 Å². The average Bonchev–Trinajstić information content (AvgIpc) is 1.92. The van der Waals surface area contributed by atoms with Gasteiger partial charge in [-0.05, 0) is 30.6 Å². The van der Waals surface area contributed by atoms with Crippen molar-refractivity contribution in [2.75, 3.05) is 0 Å². The fraction of sp³-hybridized carbons (Fsp3) is 0.900. The summed E-state index contributed by atoms with van der Waals surface area (Å²) < 4.78 is 0. The van der Waals surface area contributed by atoms with Crippen molar-refractivity contribution in [3.8, 4) is 0 Å². The largest absolute Gasteiger partial charge is 0.0648 e. The molecule has 0 N–H and O–H groups in total. The Morgan fingerprint density at radius 1 is 0.900 bits per heavy atom. The second kappa shape index (κ2) is 4.00. The molecule has 0 nitrogen and oxygen atoms in total. The summed E-state index contributed by atoms with van der Waals surface area (Å²) in [6.45, 7) is 11.4. The van der Waals surface area contributed by atoms with Crippen LogP contribution in [0.25, 0.3) is 0 Å². The zero-order chi connectivity index (χ0) is 8.20. The van der Waals surface area contributed by atoms with E-state index < -0.39 is 0 Å². The SMILES string of the molecule is CCC(CC)(CC)[C](C)C. The molecule has 0 unspecified atom stereocenters. The smallest absolute Gasteiger partial charge is 0.0241 e. The van der Waals surface area contributed by atoms with Gasteiger partial charge in [0.15, 0.2) is 0 Å². The van der Waals surface area contributed by atoms with Gasteiger partial charge < -0.3 is 0 Å². The molecule has 0 amide bonds. The van der Waals surface area contributed by atoms with Gasteiger partial charge in [0.05, 0.1) is 0 Å². The highest BCUT2D eigenvalue weighted by molar-refractivity contribution is 4.98. The van der Waals surface area contributed by atoms with Crippen LogP contribution in [0.2, 0.25) is 0 Å². The summed E-state index contributed by atoms with van der Waals surface area (Å²) >= 11 is 0.